The number of hydrogen-bond donors (Lipinski definition) is 1. The molecule has 110 valence electrons. The molecule has 1 N–H and O–H groups in total. The van der Waals surface area contributed by atoms with E-state index >= 15 is 0 Å². The van der Waals surface area contributed by atoms with Gasteiger partial charge in [-0.1, -0.05) is 18.2 Å². The Kier molecular flexibility index (Phi) is 6.38. The van der Waals surface area contributed by atoms with Crippen LogP contribution in [0, 0.1) is 0 Å². The molecule has 2 fully saturated rings. The number of piperazine rings is 1. The number of amides is 1. The van der Waals surface area contributed by atoms with Gasteiger partial charge in [0.05, 0.1) is 0 Å². The van der Waals surface area contributed by atoms with Crippen molar-refractivity contribution in [2.24, 2.45) is 0 Å². The first-order chi connectivity index (χ1) is 9.90. The van der Waals surface area contributed by atoms with Gasteiger partial charge in [0.25, 0.3) is 0 Å². The minimum absolute atomic E-state index is 0.944. The number of rotatable bonds is 2. The predicted molar refractivity (Wildman–Crippen MR) is 83.0 cm³/mol. The Morgan fingerprint density at radius 1 is 0.900 bits per heavy atom. The van der Waals surface area contributed by atoms with Gasteiger partial charge < -0.3 is 15.1 Å². The normalized spacial score (nSPS) is 19.0. The van der Waals surface area contributed by atoms with Crippen LogP contribution in [0.2, 0.25) is 0 Å². The maximum atomic E-state index is 10.1. The monoisotopic (exact) mass is 275 g/mol. The van der Waals surface area contributed by atoms with E-state index in [-0.39, 0.29) is 0 Å². The average molecular weight is 275 g/mol. The van der Waals surface area contributed by atoms with Gasteiger partial charge in [-0.3, -0.25) is 4.79 Å². The average Bonchev–Trinajstić information content (AvgIpc) is 2.58. The number of benzene rings is 1. The lowest BCUT2D eigenvalue weighted by Gasteiger charge is -2.29. The van der Waals surface area contributed by atoms with Crippen LogP contribution in [0.3, 0.4) is 0 Å². The molecule has 4 nitrogen and oxygen atoms in total. The van der Waals surface area contributed by atoms with Gasteiger partial charge in [-0.25, -0.2) is 0 Å². The zero-order chi connectivity index (χ0) is 14.0. The fourth-order valence-electron chi connectivity index (χ4n) is 2.59. The van der Waals surface area contributed by atoms with Crippen LogP contribution in [0.1, 0.15) is 19.3 Å². The van der Waals surface area contributed by atoms with Gasteiger partial charge in [-0.2, -0.15) is 0 Å². The smallest absolute Gasteiger partial charge is 0.209 e. The first-order valence-electron chi connectivity index (χ1n) is 7.60. The van der Waals surface area contributed by atoms with Gasteiger partial charge in [-0.05, 0) is 31.4 Å². The van der Waals surface area contributed by atoms with Gasteiger partial charge in [0.2, 0.25) is 6.41 Å². The molecule has 0 aliphatic carbocycles. The molecular formula is C16H25N3O. The Hall–Kier alpha value is -1.55. The van der Waals surface area contributed by atoms with Gasteiger partial charge in [-0.15, -0.1) is 0 Å². The molecule has 0 atom stereocenters. The lowest BCUT2D eigenvalue weighted by atomic mass is 10.1. The maximum absolute atomic E-state index is 10.1. The number of nitrogens with zero attached hydrogens (tertiary/aromatic N) is 2. The second-order valence-electron chi connectivity index (χ2n) is 5.27. The van der Waals surface area contributed by atoms with Crippen LogP contribution in [-0.4, -0.2) is 50.6 Å². The highest BCUT2D eigenvalue weighted by Crippen LogP contribution is 2.12. The summed E-state index contributed by atoms with van der Waals surface area (Å²) in [5.74, 6) is 0. The van der Waals surface area contributed by atoms with Crippen molar-refractivity contribution in [2.75, 3.05) is 44.2 Å². The molecule has 2 aliphatic heterocycles. The van der Waals surface area contributed by atoms with Crippen LogP contribution in [0.15, 0.2) is 30.3 Å². The largest absolute Gasteiger partial charge is 0.369 e. The first kappa shape index (κ1) is 14.9. The predicted octanol–water partition coefficient (Wildman–Crippen LogP) is 1.72. The molecule has 1 aromatic carbocycles. The van der Waals surface area contributed by atoms with Gasteiger partial charge in [0.1, 0.15) is 0 Å². The molecule has 0 bridgehead atoms. The summed E-state index contributed by atoms with van der Waals surface area (Å²) in [6.07, 6.45) is 4.63. The SMILES string of the molecule is O=CN1CCCCC1.c1ccc(N2CCNCC2)cc1. The molecule has 0 saturated carbocycles. The summed E-state index contributed by atoms with van der Waals surface area (Å²) in [6.45, 7) is 6.42. The van der Waals surface area contributed by atoms with Crippen LogP contribution < -0.4 is 10.2 Å². The Morgan fingerprint density at radius 2 is 1.55 bits per heavy atom. The van der Waals surface area contributed by atoms with Crippen molar-refractivity contribution in [1.82, 2.24) is 10.2 Å². The van der Waals surface area contributed by atoms with Crippen LogP contribution in [0.25, 0.3) is 0 Å². The van der Waals surface area contributed by atoms with Crippen molar-refractivity contribution in [1.29, 1.82) is 0 Å². The number of piperidine rings is 1. The first-order valence-corrected chi connectivity index (χ1v) is 7.60. The van der Waals surface area contributed by atoms with Gasteiger partial charge in [0, 0.05) is 45.0 Å². The third-order valence-corrected chi connectivity index (χ3v) is 3.78. The number of likely N-dealkylation sites (tertiary alicyclic amines) is 1. The molecule has 4 heteroatoms. The van der Waals surface area contributed by atoms with E-state index in [1.165, 1.54) is 24.9 Å². The molecule has 2 heterocycles. The van der Waals surface area contributed by atoms with Gasteiger partial charge >= 0.3 is 0 Å². The minimum Gasteiger partial charge on any atom is -0.369 e. The number of para-hydroxylation sites is 1. The van der Waals surface area contributed by atoms with Crippen molar-refractivity contribution >= 4 is 12.1 Å². The van der Waals surface area contributed by atoms with Crippen LogP contribution >= 0.6 is 0 Å². The Morgan fingerprint density at radius 3 is 2.10 bits per heavy atom. The van der Waals surface area contributed by atoms with Crippen molar-refractivity contribution in [3.8, 4) is 0 Å². The molecule has 20 heavy (non-hydrogen) atoms. The highest BCUT2D eigenvalue weighted by atomic mass is 16.1. The van der Waals surface area contributed by atoms with E-state index in [0.29, 0.717) is 0 Å². The third-order valence-electron chi connectivity index (χ3n) is 3.78. The van der Waals surface area contributed by atoms with Crippen molar-refractivity contribution in [2.45, 2.75) is 19.3 Å². The molecule has 0 radical (unpaired) electrons. The van der Waals surface area contributed by atoms with E-state index in [9.17, 15) is 4.79 Å². The zero-order valence-corrected chi connectivity index (χ0v) is 12.1. The standard InChI is InChI=1S/C10H14N2.C6H11NO/c1-2-4-10(5-3-1)12-8-6-11-7-9-12;8-6-7-4-2-1-3-5-7/h1-5,11H,6-9H2;6H,1-5H2. The van der Waals surface area contributed by atoms with E-state index in [1.807, 2.05) is 4.90 Å². The summed E-state index contributed by atoms with van der Waals surface area (Å²) in [6, 6.07) is 10.6. The molecule has 1 aromatic rings. The maximum Gasteiger partial charge on any atom is 0.209 e. The summed E-state index contributed by atoms with van der Waals surface area (Å²) in [7, 11) is 0. The summed E-state index contributed by atoms with van der Waals surface area (Å²) >= 11 is 0. The second-order valence-corrected chi connectivity index (χ2v) is 5.27. The van der Waals surface area contributed by atoms with Crippen LogP contribution in [0.4, 0.5) is 5.69 Å². The quantitative estimate of drug-likeness (QED) is 0.835. The fraction of sp³-hybridized carbons (Fsp3) is 0.562. The fourth-order valence-corrected chi connectivity index (χ4v) is 2.59. The molecule has 2 saturated heterocycles. The number of anilines is 1. The summed E-state index contributed by atoms with van der Waals surface area (Å²) in [5.41, 5.74) is 1.35. The molecule has 0 unspecified atom stereocenters. The summed E-state index contributed by atoms with van der Waals surface area (Å²) in [5, 5.41) is 3.34. The molecule has 2 aliphatic rings. The van der Waals surface area contributed by atoms with Crippen LogP contribution in [0.5, 0.6) is 0 Å². The lowest BCUT2D eigenvalue weighted by Crippen LogP contribution is -2.43. The van der Waals surface area contributed by atoms with Crippen molar-refractivity contribution in [3.63, 3.8) is 0 Å². The number of nitrogens with one attached hydrogen (secondary N) is 1. The molecule has 3 rings (SSSR count). The molecule has 0 aromatic heterocycles. The van der Waals surface area contributed by atoms with E-state index < -0.39 is 0 Å². The highest BCUT2D eigenvalue weighted by Gasteiger charge is 2.08. The van der Waals surface area contributed by atoms with Crippen molar-refractivity contribution < 1.29 is 4.79 Å². The van der Waals surface area contributed by atoms with Gasteiger partial charge in [0.15, 0.2) is 0 Å². The highest BCUT2D eigenvalue weighted by molar-refractivity contribution is 5.47. The zero-order valence-electron chi connectivity index (χ0n) is 12.1. The molecule has 1 amide bonds. The number of carbonyl (C=O) groups is 1. The molecule has 0 spiro atoms. The lowest BCUT2D eigenvalue weighted by molar-refractivity contribution is -0.118. The van der Waals surface area contributed by atoms with Crippen LogP contribution in [-0.2, 0) is 4.79 Å². The second kappa shape index (κ2) is 8.59. The summed E-state index contributed by atoms with van der Waals surface area (Å²) in [4.78, 5) is 14.3. The third kappa shape index (κ3) is 4.85. The van der Waals surface area contributed by atoms with E-state index in [2.05, 4.69) is 40.5 Å². The Bertz CT molecular complexity index is 371. The minimum atomic E-state index is 0.944. The number of hydrogen-bond acceptors (Lipinski definition) is 3. The summed E-state index contributed by atoms with van der Waals surface area (Å²) < 4.78 is 0. The van der Waals surface area contributed by atoms with Crippen molar-refractivity contribution in [3.05, 3.63) is 30.3 Å². The number of carbonyl (C=O) groups excluding carboxylic acids is 1. The van der Waals surface area contributed by atoms with E-state index in [1.54, 1.807) is 0 Å². The topological polar surface area (TPSA) is 35.6 Å². The Balaban J connectivity index is 0.000000160. The van der Waals surface area contributed by atoms with E-state index in [0.717, 1.165) is 45.7 Å². The molecular weight excluding hydrogens is 250 g/mol. The Labute approximate surface area is 121 Å². The van der Waals surface area contributed by atoms with E-state index in [4.69, 9.17) is 0 Å².